The molecule has 2 aliphatic heterocycles. The summed E-state index contributed by atoms with van der Waals surface area (Å²) in [5.74, 6) is 1.02. The predicted octanol–water partition coefficient (Wildman–Crippen LogP) is 1.14. The Labute approximate surface area is 60.6 Å². The summed E-state index contributed by atoms with van der Waals surface area (Å²) in [6.45, 7) is 0.830. The first-order valence-electron chi connectivity index (χ1n) is 4.00. The molecule has 1 saturated carbocycles. The summed E-state index contributed by atoms with van der Waals surface area (Å²) >= 11 is 0. The van der Waals surface area contributed by atoms with Gasteiger partial charge < -0.3 is 4.74 Å². The predicted molar refractivity (Wildman–Crippen MR) is 36.7 cm³/mol. The van der Waals surface area contributed by atoms with Crippen molar-refractivity contribution in [1.29, 1.82) is 0 Å². The fourth-order valence-corrected chi connectivity index (χ4v) is 1.79. The van der Waals surface area contributed by atoms with Crippen molar-refractivity contribution in [3.05, 3.63) is 0 Å². The number of Topliss-reactive ketones (excluding diaryl/α,β-unsaturated/α-hetero) is 1. The summed E-state index contributed by atoms with van der Waals surface area (Å²) in [6.07, 6.45) is 3.98. The third-order valence-electron chi connectivity index (χ3n) is 2.53. The minimum atomic E-state index is -0.0289. The Hall–Kier alpha value is -0.370. The Morgan fingerprint density at radius 1 is 1.30 bits per heavy atom. The summed E-state index contributed by atoms with van der Waals surface area (Å²) in [6, 6.07) is 0. The van der Waals surface area contributed by atoms with Crippen LogP contribution in [0.1, 0.15) is 25.7 Å². The van der Waals surface area contributed by atoms with Gasteiger partial charge in [-0.05, 0) is 25.2 Å². The molecular weight excluding hydrogens is 128 g/mol. The molecule has 10 heavy (non-hydrogen) atoms. The molecular formula is C8H12O2. The SMILES string of the molecule is O=C1CCC2CCC1OC2. The highest BCUT2D eigenvalue weighted by atomic mass is 16.5. The molecule has 3 fully saturated rings. The smallest absolute Gasteiger partial charge is 0.161 e. The van der Waals surface area contributed by atoms with Gasteiger partial charge in [-0.25, -0.2) is 0 Å². The summed E-state index contributed by atoms with van der Waals surface area (Å²) < 4.78 is 5.36. The lowest BCUT2D eigenvalue weighted by molar-refractivity contribution is -0.131. The van der Waals surface area contributed by atoms with Crippen molar-refractivity contribution in [2.45, 2.75) is 31.8 Å². The van der Waals surface area contributed by atoms with E-state index >= 15 is 0 Å². The molecule has 0 aromatic carbocycles. The van der Waals surface area contributed by atoms with E-state index in [2.05, 4.69) is 0 Å². The molecule has 2 heterocycles. The molecule has 0 N–H and O–H groups in total. The highest BCUT2D eigenvalue weighted by Gasteiger charge is 2.31. The van der Waals surface area contributed by atoms with E-state index in [0.717, 1.165) is 25.9 Å². The summed E-state index contributed by atoms with van der Waals surface area (Å²) in [4.78, 5) is 11.1. The van der Waals surface area contributed by atoms with Crippen LogP contribution >= 0.6 is 0 Å². The monoisotopic (exact) mass is 140 g/mol. The number of hydrogen-bond donors (Lipinski definition) is 0. The molecule has 3 aliphatic rings. The number of ether oxygens (including phenoxy) is 1. The zero-order valence-electron chi connectivity index (χ0n) is 6.01. The van der Waals surface area contributed by atoms with Crippen LogP contribution in [0.3, 0.4) is 0 Å². The van der Waals surface area contributed by atoms with Crippen molar-refractivity contribution in [2.24, 2.45) is 5.92 Å². The van der Waals surface area contributed by atoms with Crippen molar-refractivity contribution in [1.82, 2.24) is 0 Å². The average molecular weight is 140 g/mol. The number of rotatable bonds is 0. The first-order valence-corrected chi connectivity index (χ1v) is 4.00. The van der Waals surface area contributed by atoms with Crippen LogP contribution in [0, 0.1) is 5.92 Å². The molecule has 0 aromatic rings. The fourth-order valence-electron chi connectivity index (χ4n) is 1.79. The summed E-state index contributed by atoms with van der Waals surface area (Å²) in [5.41, 5.74) is 0. The van der Waals surface area contributed by atoms with Gasteiger partial charge in [-0.3, -0.25) is 4.79 Å². The van der Waals surface area contributed by atoms with Gasteiger partial charge in [0.15, 0.2) is 5.78 Å². The number of ketones is 1. The van der Waals surface area contributed by atoms with E-state index in [0.29, 0.717) is 11.7 Å². The Morgan fingerprint density at radius 3 is 2.90 bits per heavy atom. The van der Waals surface area contributed by atoms with Crippen LogP contribution < -0.4 is 0 Å². The van der Waals surface area contributed by atoms with Gasteiger partial charge in [-0.1, -0.05) is 0 Å². The minimum absolute atomic E-state index is 0.0289. The maximum atomic E-state index is 11.1. The zero-order chi connectivity index (χ0) is 6.97. The minimum Gasteiger partial charge on any atom is -0.370 e. The number of hydrogen-bond acceptors (Lipinski definition) is 2. The number of carbonyl (C=O) groups excluding carboxylic acids is 1. The Balaban J connectivity index is 2.14. The van der Waals surface area contributed by atoms with Crippen molar-refractivity contribution in [2.75, 3.05) is 6.61 Å². The second-order valence-electron chi connectivity index (χ2n) is 3.27. The maximum Gasteiger partial charge on any atom is 0.161 e. The zero-order valence-corrected chi connectivity index (χ0v) is 6.01. The molecule has 3 rings (SSSR count). The van der Waals surface area contributed by atoms with Gasteiger partial charge in [-0.15, -0.1) is 0 Å². The first kappa shape index (κ1) is 6.35. The number of fused-ring (bicyclic) bond motifs is 4. The molecule has 2 atom stereocenters. The van der Waals surface area contributed by atoms with Crippen LogP contribution in [0.4, 0.5) is 0 Å². The van der Waals surface area contributed by atoms with Gasteiger partial charge >= 0.3 is 0 Å². The highest BCUT2D eigenvalue weighted by molar-refractivity contribution is 5.83. The second-order valence-corrected chi connectivity index (χ2v) is 3.27. The molecule has 1 aliphatic carbocycles. The molecule has 2 saturated heterocycles. The maximum absolute atomic E-state index is 11.1. The van der Waals surface area contributed by atoms with Gasteiger partial charge in [0.1, 0.15) is 6.10 Å². The van der Waals surface area contributed by atoms with Crippen LogP contribution in [-0.2, 0) is 9.53 Å². The molecule has 56 valence electrons. The molecule has 0 radical (unpaired) electrons. The highest BCUT2D eigenvalue weighted by Crippen LogP contribution is 2.28. The van der Waals surface area contributed by atoms with Crippen molar-refractivity contribution in [3.63, 3.8) is 0 Å². The fraction of sp³-hybridized carbons (Fsp3) is 0.875. The molecule has 2 heteroatoms. The van der Waals surface area contributed by atoms with Crippen molar-refractivity contribution in [3.8, 4) is 0 Å². The quantitative estimate of drug-likeness (QED) is 0.504. The molecule has 0 aromatic heterocycles. The molecule has 0 amide bonds. The standard InChI is InChI=1S/C8H12O2/c9-7-3-1-6-2-4-8(7)10-5-6/h6,8H,1-5H2. The largest absolute Gasteiger partial charge is 0.370 e. The summed E-state index contributed by atoms with van der Waals surface area (Å²) in [5, 5.41) is 0. The van der Waals surface area contributed by atoms with Gasteiger partial charge in [0, 0.05) is 6.42 Å². The normalized spacial score (nSPS) is 39.8. The summed E-state index contributed by atoms with van der Waals surface area (Å²) in [7, 11) is 0. The van der Waals surface area contributed by atoms with Crippen LogP contribution in [-0.4, -0.2) is 18.5 Å². The Morgan fingerprint density at radius 2 is 2.20 bits per heavy atom. The second kappa shape index (κ2) is 2.35. The van der Waals surface area contributed by atoms with E-state index in [1.165, 1.54) is 6.42 Å². The van der Waals surface area contributed by atoms with Gasteiger partial charge in [0.25, 0.3) is 0 Å². The van der Waals surface area contributed by atoms with Gasteiger partial charge in [-0.2, -0.15) is 0 Å². The molecule has 2 nitrogen and oxygen atoms in total. The van der Waals surface area contributed by atoms with E-state index in [1.54, 1.807) is 0 Å². The topological polar surface area (TPSA) is 26.3 Å². The number of carbonyl (C=O) groups is 1. The van der Waals surface area contributed by atoms with E-state index < -0.39 is 0 Å². The lowest BCUT2D eigenvalue weighted by atomic mass is 10.00. The Kier molecular flexibility index (Phi) is 1.49. The van der Waals surface area contributed by atoms with Crippen molar-refractivity contribution < 1.29 is 9.53 Å². The van der Waals surface area contributed by atoms with Gasteiger partial charge in [0.2, 0.25) is 0 Å². The van der Waals surface area contributed by atoms with Crippen LogP contribution in [0.2, 0.25) is 0 Å². The third-order valence-corrected chi connectivity index (χ3v) is 2.53. The van der Waals surface area contributed by atoms with E-state index in [1.807, 2.05) is 0 Å². The van der Waals surface area contributed by atoms with Crippen LogP contribution in [0.15, 0.2) is 0 Å². The van der Waals surface area contributed by atoms with E-state index in [9.17, 15) is 4.79 Å². The van der Waals surface area contributed by atoms with Crippen LogP contribution in [0.25, 0.3) is 0 Å². The van der Waals surface area contributed by atoms with Crippen LogP contribution in [0.5, 0.6) is 0 Å². The van der Waals surface area contributed by atoms with Gasteiger partial charge in [0.05, 0.1) is 6.61 Å². The van der Waals surface area contributed by atoms with E-state index in [-0.39, 0.29) is 6.10 Å². The lowest BCUT2D eigenvalue weighted by Gasteiger charge is -2.22. The first-order chi connectivity index (χ1) is 4.86. The van der Waals surface area contributed by atoms with E-state index in [4.69, 9.17) is 4.74 Å². The van der Waals surface area contributed by atoms with Crippen molar-refractivity contribution >= 4 is 5.78 Å². The molecule has 0 spiro atoms. The molecule has 2 unspecified atom stereocenters. The Bertz CT molecular complexity index is 145. The third kappa shape index (κ3) is 0.966. The molecule has 2 bridgehead atoms. The average Bonchev–Trinajstić information content (AvgIpc) is 2.24. The lowest BCUT2D eigenvalue weighted by Crippen LogP contribution is -2.26.